The first-order chi connectivity index (χ1) is 15.0. The zero-order chi connectivity index (χ0) is 24.3. The predicted octanol–water partition coefficient (Wildman–Crippen LogP) is -0.584. The number of carboxylic acids is 1. The molecular formula is C21H34N6O5. The minimum atomic E-state index is -1.23. The van der Waals surface area contributed by atoms with Crippen molar-refractivity contribution in [2.45, 2.75) is 57.7 Å². The van der Waals surface area contributed by atoms with Gasteiger partial charge in [-0.15, -0.1) is 0 Å². The summed E-state index contributed by atoms with van der Waals surface area (Å²) in [5.41, 5.74) is 17.1. The number of benzene rings is 1. The van der Waals surface area contributed by atoms with Gasteiger partial charge in [-0.05, 0) is 42.9 Å². The molecule has 1 aromatic carbocycles. The van der Waals surface area contributed by atoms with Crippen molar-refractivity contribution in [1.29, 1.82) is 0 Å². The van der Waals surface area contributed by atoms with E-state index in [9.17, 15) is 24.6 Å². The average Bonchev–Trinajstić information content (AvgIpc) is 2.70. The average molecular weight is 451 g/mol. The standard InChI is InChI=1S/C21H34N6O5/c1-12(2)10-15(22)18(29)26-16(4-3-9-25-21(23)24)19(30)27-17(20(31)32)11-13-5-7-14(28)8-6-13/h5-8,12,15-17,28H,3-4,9-11,22H2,1-2H3,(H,26,29)(H,27,30)(H,31,32)(H4,23,24,25)/t15-,16-,17-/m0/s1. The molecule has 32 heavy (non-hydrogen) atoms. The Kier molecular flexibility index (Phi) is 11.0. The molecule has 0 unspecified atom stereocenters. The second-order valence-electron chi connectivity index (χ2n) is 8.02. The minimum Gasteiger partial charge on any atom is -0.508 e. The molecule has 0 fully saturated rings. The molecule has 0 bridgehead atoms. The Labute approximate surface area is 187 Å². The molecule has 0 aliphatic rings. The number of aliphatic imine (C=N–C) groups is 1. The maximum absolute atomic E-state index is 12.9. The number of nitrogens with one attached hydrogen (secondary N) is 2. The van der Waals surface area contributed by atoms with Crippen molar-refractivity contribution < 1.29 is 24.6 Å². The van der Waals surface area contributed by atoms with E-state index in [1.165, 1.54) is 12.1 Å². The molecule has 2 amide bonds. The first-order valence-electron chi connectivity index (χ1n) is 10.4. The molecule has 10 N–H and O–H groups in total. The molecule has 11 nitrogen and oxygen atoms in total. The number of carbonyl (C=O) groups is 3. The number of hydrogen-bond donors (Lipinski definition) is 7. The van der Waals surface area contributed by atoms with Crippen LogP contribution in [-0.4, -0.2) is 58.6 Å². The number of aliphatic carboxylic acids is 1. The van der Waals surface area contributed by atoms with E-state index >= 15 is 0 Å². The third-order valence-electron chi connectivity index (χ3n) is 4.63. The lowest BCUT2D eigenvalue weighted by molar-refractivity contribution is -0.142. The summed E-state index contributed by atoms with van der Waals surface area (Å²) in [7, 11) is 0. The van der Waals surface area contributed by atoms with Gasteiger partial charge in [0, 0.05) is 13.0 Å². The van der Waals surface area contributed by atoms with Gasteiger partial charge >= 0.3 is 5.97 Å². The second kappa shape index (κ2) is 13.2. The summed E-state index contributed by atoms with van der Waals surface area (Å²) in [5, 5.41) is 24.0. The van der Waals surface area contributed by atoms with Crippen LogP contribution in [0.15, 0.2) is 29.3 Å². The van der Waals surface area contributed by atoms with Gasteiger partial charge in [-0.2, -0.15) is 0 Å². The lowest BCUT2D eigenvalue weighted by Crippen LogP contribution is -2.55. The van der Waals surface area contributed by atoms with Crippen LogP contribution in [0.4, 0.5) is 0 Å². The zero-order valence-corrected chi connectivity index (χ0v) is 18.5. The number of amides is 2. The Morgan fingerprint density at radius 3 is 2.16 bits per heavy atom. The predicted molar refractivity (Wildman–Crippen MR) is 121 cm³/mol. The van der Waals surface area contributed by atoms with E-state index in [2.05, 4.69) is 15.6 Å². The van der Waals surface area contributed by atoms with Crippen molar-refractivity contribution in [2.75, 3.05) is 6.54 Å². The Balaban J connectivity index is 2.89. The molecule has 11 heteroatoms. The molecule has 0 aliphatic heterocycles. The first kappa shape index (κ1) is 26.7. The van der Waals surface area contributed by atoms with Gasteiger partial charge in [-0.25, -0.2) is 4.79 Å². The number of phenols is 1. The topological polar surface area (TPSA) is 206 Å². The maximum Gasteiger partial charge on any atom is 0.326 e. The Bertz CT molecular complexity index is 792. The minimum absolute atomic E-state index is 0.00286. The number of nitrogens with zero attached hydrogens (tertiary/aromatic N) is 1. The SMILES string of the molecule is CC(C)C[C@H](N)C(=O)N[C@@H](CCCN=C(N)N)C(=O)N[C@@H](Cc1ccc(O)cc1)C(=O)O. The summed E-state index contributed by atoms with van der Waals surface area (Å²) in [5.74, 6) is -2.23. The maximum atomic E-state index is 12.9. The molecule has 0 spiro atoms. The fraction of sp³-hybridized carbons (Fsp3) is 0.524. The van der Waals surface area contributed by atoms with Crippen molar-refractivity contribution >= 4 is 23.7 Å². The molecular weight excluding hydrogens is 416 g/mol. The first-order valence-corrected chi connectivity index (χ1v) is 10.4. The Morgan fingerprint density at radius 2 is 1.62 bits per heavy atom. The molecule has 1 rings (SSSR count). The highest BCUT2D eigenvalue weighted by Crippen LogP contribution is 2.12. The molecule has 178 valence electrons. The molecule has 0 aliphatic carbocycles. The van der Waals surface area contributed by atoms with Gasteiger partial charge < -0.3 is 38.0 Å². The number of carboxylic acid groups (broad SMARTS) is 1. The summed E-state index contributed by atoms with van der Waals surface area (Å²) < 4.78 is 0. The molecule has 0 saturated carbocycles. The van der Waals surface area contributed by atoms with Gasteiger partial charge in [0.05, 0.1) is 6.04 Å². The van der Waals surface area contributed by atoms with E-state index in [0.717, 1.165) is 0 Å². The van der Waals surface area contributed by atoms with Crippen LogP contribution < -0.4 is 27.8 Å². The van der Waals surface area contributed by atoms with Gasteiger partial charge in [-0.1, -0.05) is 26.0 Å². The molecule has 0 saturated heterocycles. The van der Waals surface area contributed by atoms with E-state index in [1.54, 1.807) is 12.1 Å². The highest BCUT2D eigenvalue weighted by molar-refractivity contribution is 5.91. The summed E-state index contributed by atoms with van der Waals surface area (Å²) >= 11 is 0. The zero-order valence-electron chi connectivity index (χ0n) is 18.5. The van der Waals surface area contributed by atoms with Crippen molar-refractivity contribution in [3.8, 4) is 5.75 Å². The largest absolute Gasteiger partial charge is 0.508 e. The van der Waals surface area contributed by atoms with Crippen LogP contribution in [0, 0.1) is 5.92 Å². The summed E-state index contributed by atoms with van der Waals surface area (Å²) in [6, 6.07) is 2.96. The van der Waals surface area contributed by atoms with Gasteiger partial charge in [-0.3, -0.25) is 14.6 Å². The van der Waals surface area contributed by atoms with Crippen molar-refractivity contribution in [3.05, 3.63) is 29.8 Å². The number of rotatable bonds is 13. The van der Waals surface area contributed by atoms with Crippen LogP contribution in [0.2, 0.25) is 0 Å². The van der Waals surface area contributed by atoms with Crippen molar-refractivity contribution in [3.63, 3.8) is 0 Å². The molecule has 0 aromatic heterocycles. The van der Waals surface area contributed by atoms with Gasteiger partial charge in [0.25, 0.3) is 0 Å². The van der Waals surface area contributed by atoms with Gasteiger partial charge in [0.1, 0.15) is 17.8 Å². The van der Waals surface area contributed by atoms with Gasteiger partial charge in [0.2, 0.25) is 11.8 Å². The Hall–Kier alpha value is -3.34. The molecule has 3 atom stereocenters. The lowest BCUT2D eigenvalue weighted by Gasteiger charge is -2.23. The molecule has 1 aromatic rings. The van der Waals surface area contributed by atoms with E-state index in [-0.39, 0.29) is 37.0 Å². The normalized spacial score (nSPS) is 13.6. The fourth-order valence-electron chi connectivity index (χ4n) is 3.01. The molecule has 0 radical (unpaired) electrons. The van der Waals surface area contributed by atoms with Crippen LogP contribution >= 0.6 is 0 Å². The van der Waals surface area contributed by atoms with E-state index < -0.39 is 35.9 Å². The second-order valence-corrected chi connectivity index (χ2v) is 8.02. The van der Waals surface area contributed by atoms with Crippen LogP contribution in [0.25, 0.3) is 0 Å². The van der Waals surface area contributed by atoms with Crippen LogP contribution in [0.5, 0.6) is 5.75 Å². The van der Waals surface area contributed by atoms with E-state index in [0.29, 0.717) is 18.4 Å². The number of hydrogen-bond acceptors (Lipinski definition) is 6. The van der Waals surface area contributed by atoms with Crippen molar-refractivity contribution in [1.82, 2.24) is 10.6 Å². The third kappa shape index (κ3) is 10.1. The Morgan fingerprint density at radius 1 is 1.03 bits per heavy atom. The fourth-order valence-corrected chi connectivity index (χ4v) is 3.01. The smallest absolute Gasteiger partial charge is 0.326 e. The number of guanidine groups is 1. The molecule has 0 heterocycles. The number of nitrogens with two attached hydrogens (primary N) is 3. The number of carbonyl (C=O) groups excluding carboxylic acids is 2. The van der Waals surface area contributed by atoms with Crippen LogP contribution in [-0.2, 0) is 20.8 Å². The highest BCUT2D eigenvalue weighted by Gasteiger charge is 2.28. The van der Waals surface area contributed by atoms with E-state index in [4.69, 9.17) is 17.2 Å². The summed E-state index contributed by atoms with van der Waals surface area (Å²) in [6.07, 6.45) is 1.01. The quantitative estimate of drug-likeness (QED) is 0.117. The monoisotopic (exact) mass is 450 g/mol. The van der Waals surface area contributed by atoms with Crippen LogP contribution in [0.1, 0.15) is 38.7 Å². The van der Waals surface area contributed by atoms with Crippen molar-refractivity contribution in [2.24, 2.45) is 28.1 Å². The summed E-state index contributed by atoms with van der Waals surface area (Å²) in [6.45, 7) is 4.09. The van der Waals surface area contributed by atoms with E-state index in [1.807, 2.05) is 13.8 Å². The van der Waals surface area contributed by atoms with Gasteiger partial charge in [0.15, 0.2) is 5.96 Å². The lowest BCUT2D eigenvalue weighted by atomic mass is 10.0. The number of aromatic hydroxyl groups is 1. The third-order valence-corrected chi connectivity index (χ3v) is 4.63. The highest BCUT2D eigenvalue weighted by atomic mass is 16.4. The van der Waals surface area contributed by atoms with Crippen LogP contribution in [0.3, 0.4) is 0 Å². The number of phenolic OH excluding ortho intramolecular Hbond substituents is 1. The summed E-state index contributed by atoms with van der Waals surface area (Å²) in [4.78, 5) is 40.9.